The molecule has 0 spiro atoms. The number of nitrogens with zero attached hydrogens (tertiary/aromatic N) is 2. The Morgan fingerprint density at radius 2 is 1.86 bits per heavy atom. The molecule has 0 bridgehead atoms. The smallest absolute Gasteiger partial charge is 0.388 e. The highest BCUT2D eigenvalue weighted by atomic mass is 31.3. The quantitative estimate of drug-likeness (QED) is 0.0997. The predicted octanol–water partition coefficient (Wildman–Crippen LogP) is -0.702. The van der Waals surface area contributed by atoms with Crippen LogP contribution in [0.15, 0.2) is 11.0 Å². The lowest BCUT2D eigenvalue weighted by Gasteiger charge is -2.19. The normalized spacial score (nSPS) is 23.8. The Kier molecular flexibility index (Phi) is 10.4. The van der Waals surface area contributed by atoms with Gasteiger partial charge in [-0.2, -0.15) is 13.6 Å². The molecule has 5 atom stereocenters. The maximum Gasteiger partial charge on any atom is 0.490 e. The van der Waals surface area contributed by atoms with Crippen LogP contribution in [0, 0.1) is 11.8 Å². The minimum absolute atomic E-state index is 0.130. The number of nitrogens with two attached hydrogens (primary N) is 2. The average Bonchev–Trinajstić information content (AvgIpc) is 3.05. The first-order chi connectivity index (χ1) is 16.1. The van der Waals surface area contributed by atoms with Gasteiger partial charge in [0.1, 0.15) is 11.9 Å². The van der Waals surface area contributed by atoms with Gasteiger partial charge < -0.3 is 40.9 Å². The van der Waals surface area contributed by atoms with Gasteiger partial charge in [-0.1, -0.05) is 11.8 Å². The summed E-state index contributed by atoms with van der Waals surface area (Å²) in [5.74, 6) is 5.50. The van der Waals surface area contributed by atoms with Crippen LogP contribution in [0.5, 0.6) is 0 Å². The Bertz CT molecular complexity index is 1160. The number of phosphoric ester groups is 1. The van der Waals surface area contributed by atoms with Gasteiger partial charge in [0.05, 0.1) is 18.3 Å². The zero-order valence-corrected chi connectivity index (χ0v) is 20.6. The number of aliphatic hydroxyl groups is 1. The summed E-state index contributed by atoms with van der Waals surface area (Å²) in [5, 5.41) is 10.3. The fraction of sp³-hybridized carbons (Fsp3) is 0.600. The lowest BCUT2D eigenvalue weighted by atomic mass is 10.2. The molecular weight excluding hydrogens is 537 g/mol. The van der Waals surface area contributed by atoms with Gasteiger partial charge >= 0.3 is 29.2 Å². The van der Waals surface area contributed by atoms with Crippen molar-refractivity contribution in [2.24, 2.45) is 5.73 Å². The molecule has 20 heteroatoms. The molecule has 2 rings (SSSR count). The Morgan fingerprint density at radius 3 is 2.49 bits per heavy atom. The molecule has 198 valence electrons. The summed E-state index contributed by atoms with van der Waals surface area (Å²) in [6, 6.07) is 0. The maximum absolute atomic E-state index is 12.3. The molecular formula is C15H25N4O13P3. The third-order valence-corrected chi connectivity index (χ3v) is 8.04. The summed E-state index contributed by atoms with van der Waals surface area (Å²) in [7, 11) is -16.6. The lowest BCUT2D eigenvalue weighted by Crippen LogP contribution is -2.32. The van der Waals surface area contributed by atoms with E-state index in [1.807, 2.05) is 0 Å². The highest BCUT2D eigenvalue weighted by Gasteiger charge is 2.42. The maximum atomic E-state index is 12.3. The number of nitrogen functional groups attached to an aromatic ring is 1. The highest BCUT2D eigenvalue weighted by molar-refractivity contribution is 7.66. The Hall–Kier alpha value is -1.47. The number of rotatable bonds is 11. The van der Waals surface area contributed by atoms with Gasteiger partial charge in [0.25, 0.3) is 0 Å². The lowest BCUT2D eigenvalue weighted by molar-refractivity contribution is -0.0523. The van der Waals surface area contributed by atoms with Crippen LogP contribution in [-0.2, 0) is 31.6 Å². The Balaban J connectivity index is 2.06. The SMILES string of the molecule is NCCCCC#Cc1cn([C@@H]2O[C@H](COP(=O)(O)OP(=O)(O)OP(=O)(O)O)C[C@H]2O)c(=O)nc1N. The molecule has 9 N–H and O–H groups in total. The van der Waals surface area contributed by atoms with Crippen molar-refractivity contribution in [1.29, 1.82) is 0 Å². The summed E-state index contributed by atoms with van der Waals surface area (Å²) in [4.78, 5) is 51.7. The van der Waals surface area contributed by atoms with Crippen LogP contribution in [-0.4, -0.2) is 59.6 Å². The second-order valence-electron chi connectivity index (χ2n) is 7.12. The van der Waals surface area contributed by atoms with E-state index in [2.05, 4.69) is 30.0 Å². The molecule has 35 heavy (non-hydrogen) atoms. The molecule has 0 radical (unpaired) electrons. The zero-order valence-electron chi connectivity index (χ0n) is 17.9. The van der Waals surface area contributed by atoms with Crippen LogP contribution >= 0.6 is 23.5 Å². The van der Waals surface area contributed by atoms with E-state index in [-0.39, 0.29) is 17.8 Å². The number of hydrogen-bond acceptors (Lipinski definition) is 12. The third-order valence-electron chi connectivity index (χ3n) is 4.24. The molecule has 0 saturated carbocycles. The minimum Gasteiger partial charge on any atom is -0.388 e. The molecule has 2 heterocycles. The van der Waals surface area contributed by atoms with Crippen molar-refractivity contribution in [3.8, 4) is 11.8 Å². The molecule has 1 aliphatic rings. The molecule has 0 aromatic carbocycles. The fourth-order valence-corrected chi connectivity index (χ4v) is 5.89. The molecule has 1 saturated heterocycles. The van der Waals surface area contributed by atoms with E-state index in [4.69, 9.17) is 30.9 Å². The van der Waals surface area contributed by atoms with Crippen LogP contribution in [0.25, 0.3) is 0 Å². The highest BCUT2D eigenvalue weighted by Crippen LogP contribution is 2.66. The summed E-state index contributed by atoms with van der Waals surface area (Å²) < 4.78 is 51.9. The van der Waals surface area contributed by atoms with Crippen LogP contribution in [0.2, 0.25) is 0 Å². The molecule has 0 aliphatic carbocycles. The Morgan fingerprint density at radius 1 is 1.17 bits per heavy atom. The fourth-order valence-electron chi connectivity index (χ4n) is 2.84. The number of anilines is 1. The minimum atomic E-state index is -5.68. The molecule has 1 aromatic rings. The van der Waals surface area contributed by atoms with Crippen molar-refractivity contribution in [1.82, 2.24) is 9.55 Å². The van der Waals surface area contributed by atoms with Gasteiger partial charge in [0.15, 0.2) is 6.23 Å². The second kappa shape index (κ2) is 12.2. The number of unbranched alkanes of at least 4 members (excludes halogenated alkanes) is 2. The van der Waals surface area contributed by atoms with Crippen molar-refractivity contribution in [3.05, 3.63) is 22.2 Å². The molecule has 0 amide bonds. The van der Waals surface area contributed by atoms with Crippen molar-refractivity contribution in [3.63, 3.8) is 0 Å². The van der Waals surface area contributed by atoms with E-state index in [1.165, 1.54) is 6.20 Å². The Labute approximate surface area is 198 Å². The first kappa shape index (κ1) is 29.8. The van der Waals surface area contributed by atoms with Gasteiger partial charge in [-0.15, -0.1) is 0 Å². The molecule has 1 aromatic heterocycles. The largest absolute Gasteiger partial charge is 0.490 e. The molecule has 1 aliphatic heterocycles. The molecule has 17 nitrogen and oxygen atoms in total. The van der Waals surface area contributed by atoms with Gasteiger partial charge in [-0.3, -0.25) is 9.09 Å². The third kappa shape index (κ3) is 9.83. The molecule has 2 unspecified atom stereocenters. The van der Waals surface area contributed by atoms with Crippen LogP contribution in [0.4, 0.5) is 5.82 Å². The number of ether oxygens (including phenoxy) is 1. The van der Waals surface area contributed by atoms with Crippen LogP contribution in [0.1, 0.15) is 37.5 Å². The van der Waals surface area contributed by atoms with E-state index in [1.54, 1.807) is 0 Å². The van der Waals surface area contributed by atoms with Gasteiger partial charge in [-0.25, -0.2) is 18.5 Å². The number of aliphatic hydroxyl groups excluding tert-OH is 1. The predicted molar refractivity (Wildman–Crippen MR) is 117 cm³/mol. The monoisotopic (exact) mass is 562 g/mol. The van der Waals surface area contributed by atoms with E-state index in [9.17, 15) is 28.5 Å². The molecule has 1 fully saturated rings. The topological polar surface area (TPSA) is 276 Å². The number of hydrogen-bond donors (Lipinski definition) is 7. The van der Waals surface area contributed by atoms with E-state index < -0.39 is 54.2 Å². The summed E-state index contributed by atoms with van der Waals surface area (Å²) >= 11 is 0. The summed E-state index contributed by atoms with van der Waals surface area (Å²) in [5.41, 5.74) is 10.5. The van der Waals surface area contributed by atoms with Crippen LogP contribution in [0.3, 0.4) is 0 Å². The van der Waals surface area contributed by atoms with Crippen molar-refractivity contribution < 1.29 is 56.3 Å². The van der Waals surface area contributed by atoms with E-state index in [0.29, 0.717) is 13.0 Å². The van der Waals surface area contributed by atoms with Crippen molar-refractivity contribution >= 4 is 29.3 Å². The van der Waals surface area contributed by atoms with E-state index in [0.717, 1.165) is 17.4 Å². The van der Waals surface area contributed by atoms with Crippen molar-refractivity contribution in [2.45, 2.75) is 44.1 Å². The zero-order chi connectivity index (χ0) is 26.4. The van der Waals surface area contributed by atoms with Gasteiger partial charge in [0, 0.05) is 19.0 Å². The second-order valence-corrected chi connectivity index (χ2v) is 11.5. The van der Waals surface area contributed by atoms with Gasteiger partial charge in [0.2, 0.25) is 0 Å². The van der Waals surface area contributed by atoms with E-state index >= 15 is 0 Å². The van der Waals surface area contributed by atoms with Crippen LogP contribution < -0.4 is 17.2 Å². The standard InChI is InChI=1S/C15H25N4O13P3/c16-6-4-2-1-3-5-10-8-19(15(21)18-13(10)17)14-12(20)7-11(30-14)9-29-34(25,26)32-35(27,28)31-33(22,23)24/h8,11-12,14,20H,1-2,4,6-7,9,16H2,(H,25,26)(H,27,28)(H2,17,18,21)(H2,22,23,24)/t11-,12+,14+/m0/s1. The first-order valence-corrected chi connectivity index (χ1v) is 14.3. The van der Waals surface area contributed by atoms with Gasteiger partial charge in [-0.05, 0) is 19.4 Å². The summed E-state index contributed by atoms with van der Waals surface area (Å²) in [6.07, 6.45) is -0.627. The number of aromatic nitrogens is 2. The van der Waals surface area contributed by atoms with Crippen molar-refractivity contribution in [2.75, 3.05) is 18.9 Å². The summed E-state index contributed by atoms with van der Waals surface area (Å²) in [6.45, 7) is -0.265. The average molecular weight is 562 g/mol. The number of phosphoric acid groups is 3. The first-order valence-electron chi connectivity index (χ1n) is 9.82.